The number of hydrogen-bond donors (Lipinski definition) is 0. The van der Waals surface area contributed by atoms with Crippen LogP contribution >= 0.6 is 0 Å². The zero-order valence-corrected chi connectivity index (χ0v) is 8.88. The van der Waals surface area contributed by atoms with Crippen molar-refractivity contribution in [3.05, 3.63) is 41.7 Å². The maximum Gasteiger partial charge on any atom is 0.196 e. The van der Waals surface area contributed by atoms with E-state index in [1.54, 1.807) is 6.08 Å². The highest BCUT2D eigenvalue weighted by Crippen LogP contribution is 2.12. The van der Waals surface area contributed by atoms with Crippen LogP contribution in [-0.2, 0) is 7.05 Å². The molecule has 0 aliphatic heterocycles. The van der Waals surface area contributed by atoms with E-state index in [0.717, 1.165) is 21.6 Å². The Kier molecular flexibility index (Phi) is 1.72. The summed E-state index contributed by atoms with van der Waals surface area (Å²) in [7, 11) is 2.00. The van der Waals surface area contributed by atoms with E-state index in [2.05, 4.69) is 16.7 Å². The van der Waals surface area contributed by atoms with E-state index < -0.39 is 0 Å². The Balaban J connectivity index is 2.73. The quantitative estimate of drug-likeness (QED) is 0.506. The standard InChI is InChI=1S/C13H10N3/c1-15-9-7-13-11(6-8-14)10-4-2-3-5-12(10)16(13)15/h2-7,9H,1H3/q+1/b11-6-. The molecule has 0 amide bonds. The number of aromatic nitrogens is 2. The van der Waals surface area contributed by atoms with Crippen molar-refractivity contribution in [2.75, 3.05) is 0 Å². The van der Waals surface area contributed by atoms with Crippen molar-refractivity contribution >= 4 is 22.5 Å². The molecule has 1 aromatic carbocycles. The molecule has 0 saturated carbocycles. The summed E-state index contributed by atoms with van der Waals surface area (Å²) in [6, 6.07) is 12.3. The van der Waals surface area contributed by atoms with Crippen molar-refractivity contribution in [1.82, 2.24) is 4.52 Å². The van der Waals surface area contributed by atoms with Crippen molar-refractivity contribution in [2.24, 2.45) is 7.05 Å². The van der Waals surface area contributed by atoms with Gasteiger partial charge in [-0.15, -0.1) is 9.20 Å². The van der Waals surface area contributed by atoms with Crippen LogP contribution in [0, 0.1) is 11.3 Å². The number of rotatable bonds is 0. The smallest absolute Gasteiger partial charge is 0.193 e. The molecule has 0 aliphatic carbocycles. The van der Waals surface area contributed by atoms with Crippen LogP contribution in [0.1, 0.15) is 0 Å². The lowest BCUT2D eigenvalue weighted by atomic mass is 10.2. The number of fused-ring (bicyclic) bond motifs is 3. The molecule has 3 rings (SSSR count). The molecule has 0 unspecified atom stereocenters. The lowest BCUT2D eigenvalue weighted by molar-refractivity contribution is -0.735. The third-order valence-corrected chi connectivity index (χ3v) is 2.90. The maximum atomic E-state index is 8.84. The maximum absolute atomic E-state index is 8.84. The summed E-state index contributed by atoms with van der Waals surface area (Å²) in [4.78, 5) is 0. The molecule has 0 N–H and O–H groups in total. The Morgan fingerprint density at radius 3 is 2.88 bits per heavy atom. The number of aryl methyl sites for hydroxylation is 1. The molecule has 0 radical (unpaired) electrons. The predicted molar refractivity (Wildman–Crippen MR) is 61.4 cm³/mol. The first-order valence-corrected chi connectivity index (χ1v) is 5.10. The monoisotopic (exact) mass is 208 g/mol. The predicted octanol–water partition coefficient (Wildman–Crippen LogP) is 0.940. The first-order valence-electron chi connectivity index (χ1n) is 5.10. The zero-order chi connectivity index (χ0) is 11.1. The lowest BCUT2D eigenvalue weighted by Crippen LogP contribution is -2.33. The molecular weight excluding hydrogens is 198 g/mol. The second-order valence-corrected chi connectivity index (χ2v) is 3.79. The SMILES string of the molecule is C[n+]1ccc2/c(=C\C#N)c3ccccc3n21. The van der Waals surface area contributed by atoms with Crippen LogP contribution in [0.25, 0.3) is 22.5 Å². The molecule has 16 heavy (non-hydrogen) atoms. The van der Waals surface area contributed by atoms with Crippen LogP contribution in [0.15, 0.2) is 36.5 Å². The minimum atomic E-state index is 0.999. The molecule has 2 heterocycles. The fraction of sp³-hybridized carbons (Fsp3) is 0.0769. The van der Waals surface area contributed by atoms with Crippen molar-refractivity contribution in [1.29, 1.82) is 5.26 Å². The summed E-state index contributed by atoms with van der Waals surface area (Å²) in [5.74, 6) is 0. The van der Waals surface area contributed by atoms with E-state index in [9.17, 15) is 0 Å². The Morgan fingerprint density at radius 1 is 1.25 bits per heavy atom. The molecule has 2 aromatic heterocycles. The molecule has 0 spiro atoms. The van der Waals surface area contributed by atoms with Crippen LogP contribution < -0.4 is 9.90 Å². The summed E-state index contributed by atoms with van der Waals surface area (Å²) in [5, 5.41) is 11.0. The number of nitrogens with zero attached hydrogens (tertiary/aromatic N) is 3. The molecule has 0 fully saturated rings. The Hall–Kier alpha value is -2.34. The lowest BCUT2D eigenvalue weighted by Gasteiger charge is -1.88. The van der Waals surface area contributed by atoms with E-state index in [1.165, 1.54) is 0 Å². The van der Waals surface area contributed by atoms with E-state index in [4.69, 9.17) is 5.26 Å². The van der Waals surface area contributed by atoms with Crippen LogP contribution in [0.2, 0.25) is 0 Å². The van der Waals surface area contributed by atoms with E-state index in [1.807, 2.05) is 42.2 Å². The van der Waals surface area contributed by atoms with E-state index >= 15 is 0 Å². The van der Waals surface area contributed by atoms with Crippen LogP contribution in [-0.4, -0.2) is 4.52 Å². The molecule has 0 saturated heterocycles. The van der Waals surface area contributed by atoms with E-state index in [-0.39, 0.29) is 0 Å². The van der Waals surface area contributed by atoms with Gasteiger partial charge in [0.25, 0.3) is 0 Å². The molecule has 76 valence electrons. The van der Waals surface area contributed by atoms with Gasteiger partial charge >= 0.3 is 0 Å². The fourth-order valence-corrected chi connectivity index (χ4v) is 2.23. The minimum absolute atomic E-state index is 0.999. The first kappa shape index (κ1) is 8.93. The molecule has 3 heteroatoms. The number of benzene rings is 1. The summed E-state index contributed by atoms with van der Waals surface area (Å²) < 4.78 is 4.13. The first-order chi connectivity index (χ1) is 7.83. The summed E-state index contributed by atoms with van der Waals surface area (Å²) >= 11 is 0. The molecule has 0 bridgehead atoms. The number of para-hydroxylation sites is 1. The Labute approximate surface area is 92.4 Å². The van der Waals surface area contributed by atoms with Gasteiger partial charge < -0.3 is 0 Å². The van der Waals surface area contributed by atoms with Gasteiger partial charge in [-0.2, -0.15) is 5.26 Å². The zero-order valence-electron chi connectivity index (χ0n) is 8.88. The second-order valence-electron chi connectivity index (χ2n) is 3.79. The molecule has 3 aromatic rings. The van der Waals surface area contributed by atoms with Gasteiger partial charge in [0, 0.05) is 22.7 Å². The molecular formula is C13H10N3+. The van der Waals surface area contributed by atoms with Crippen LogP contribution in [0.5, 0.6) is 0 Å². The molecule has 3 nitrogen and oxygen atoms in total. The van der Waals surface area contributed by atoms with Crippen LogP contribution in [0.4, 0.5) is 0 Å². The summed E-state index contributed by atoms with van der Waals surface area (Å²) in [6.07, 6.45) is 3.61. The van der Waals surface area contributed by atoms with Crippen LogP contribution in [0.3, 0.4) is 0 Å². The van der Waals surface area contributed by atoms with Crippen molar-refractivity contribution in [3.63, 3.8) is 0 Å². The van der Waals surface area contributed by atoms with Crippen molar-refractivity contribution in [2.45, 2.75) is 0 Å². The van der Waals surface area contributed by atoms with Gasteiger partial charge in [-0.05, 0) is 6.07 Å². The Morgan fingerprint density at radius 2 is 2.06 bits per heavy atom. The summed E-state index contributed by atoms with van der Waals surface area (Å²) in [6.45, 7) is 0. The van der Waals surface area contributed by atoms with Gasteiger partial charge in [0.2, 0.25) is 0 Å². The van der Waals surface area contributed by atoms with Gasteiger partial charge in [-0.1, -0.05) is 18.2 Å². The van der Waals surface area contributed by atoms with Gasteiger partial charge in [0.15, 0.2) is 13.2 Å². The average Bonchev–Trinajstić information content (AvgIpc) is 2.81. The molecule has 0 atom stereocenters. The third kappa shape index (κ3) is 0.986. The van der Waals surface area contributed by atoms with Crippen molar-refractivity contribution in [3.8, 4) is 6.07 Å². The normalized spacial score (nSPS) is 12.4. The van der Waals surface area contributed by atoms with Crippen molar-refractivity contribution < 1.29 is 4.68 Å². The highest BCUT2D eigenvalue weighted by Gasteiger charge is 2.13. The topological polar surface area (TPSA) is 32.1 Å². The van der Waals surface area contributed by atoms with Gasteiger partial charge in [0.05, 0.1) is 6.07 Å². The third-order valence-electron chi connectivity index (χ3n) is 2.90. The van der Waals surface area contributed by atoms with Gasteiger partial charge in [-0.25, -0.2) is 0 Å². The largest absolute Gasteiger partial charge is 0.196 e. The number of nitriles is 1. The fourth-order valence-electron chi connectivity index (χ4n) is 2.23. The van der Waals surface area contributed by atoms with Gasteiger partial charge in [-0.3, -0.25) is 0 Å². The summed E-state index contributed by atoms with van der Waals surface area (Å²) in [5.41, 5.74) is 2.21. The Bertz CT molecular complexity index is 775. The molecule has 0 aliphatic rings. The highest BCUT2D eigenvalue weighted by atomic mass is 15.3. The highest BCUT2D eigenvalue weighted by molar-refractivity contribution is 5.88. The second kappa shape index (κ2) is 3.07. The number of hydrogen-bond acceptors (Lipinski definition) is 1. The average molecular weight is 208 g/mol. The van der Waals surface area contributed by atoms with E-state index in [0.29, 0.717) is 0 Å². The minimum Gasteiger partial charge on any atom is -0.193 e. The van der Waals surface area contributed by atoms with Gasteiger partial charge in [0.1, 0.15) is 11.0 Å².